The van der Waals surface area contributed by atoms with Gasteiger partial charge in [-0.25, -0.2) is 4.79 Å². The van der Waals surface area contributed by atoms with Gasteiger partial charge in [0.1, 0.15) is 6.79 Å². The van der Waals surface area contributed by atoms with Crippen molar-refractivity contribution in [2.75, 3.05) is 13.4 Å². The van der Waals surface area contributed by atoms with Crippen molar-refractivity contribution < 1.29 is 19.4 Å². The molecule has 1 aromatic heterocycles. The van der Waals surface area contributed by atoms with Crippen molar-refractivity contribution in [2.24, 2.45) is 22.7 Å². The van der Waals surface area contributed by atoms with Gasteiger partial charge >= 0.3 is 5.97 Å². The molecule has 6 nitrogen and oxygen atoms in total. The molecule has 4 rings (SSSR count). The van der Waals surface area contributed by atoms with Gasteiger partial charge in [-0.2, -0.15) is 5.10 Å². The minimum Gasteiger partial charge on any atom is -0.478 e. The van der Waals surface area contributed by atoms with Crippen LogP contribution in [0.3, 0.4) is 0 Å². The zero-order valence-corrected chi connectivity index (χ0v) is 16.3. The van der Waals surface area contributed by atoms with Crippen molar-refractivity contribution >= 4 is 5.97 Å². The van der Waals surface area contributed by atoms with Crippen molar-refractivity contribution in [3.63, 3.8) is 0 Å². The van der Waals surface area contributed by atoms with Crippen LogP contribution in [0.15, 0.2) is 24.5 Å². The summed E-state index contributed by atoms with van der Waals surface area (Å²) in [5, 5.41) is 13.3. The largest absolute Gasteiger partial charge is 0.478 e. The van der Waals surface area contributed by atoms with Gasteiger partial charge in [-0.15, -0.1) is 0 Å². The molecule has 6 heteroatoms. The molecule has 0 amide bonds. The minimum atomic E-state index is -0.932. The van der Waals surface area contributed by atoms with Crippen molar-refractivity contribution in [1.29, 1.82) is 0 Å². The fourth-order valence-electron chi connectivity index (χ4n) is 6.22. The number of allylic oxidation sites excluding steroid dienone is 1. The van der Waals surface area contributed by atoms with E-state index in [2.05, 4.69) is 25.5 Å². The Bertz CT molecular complexity index is 744. The van der Waals surface area contributed by atoms with Crippen LogP contribution < -0.4 is 0 Å². The third-order valence-corrected chi connectivity index (χ3v) is 7.61. The number of nitrogens with zero attached hydrogens (tertiary/aromatic N) is 2. The smallest absolute Gasteiger partial charge is 0.338 e. The summed E-state index contributed by atoms with van der Waals surface area (Å²) in [6, 6.07) is 0. The third-order valence-electron chi connectivity index (χ3n) is 7.61. The Labute approximate surface area is 160 Å². The van der Waals surface area contributed by atoms with Gasteiger partial charge in [-0.05, 0) is 49.4 Å². The number of carboxylic acids is 1. The fourth-order valence-corrected chi connectivity index (χ4v) is 6.22. The third kappa shape index (κ3) is 3.03. The molecule has 0 radical (unpaired) electrons. The lowest BCUT2D eigenvalue weighted by Crippen LogP contribution is -2.60. The van der Waals surface area contributed by atoms with E-state index < -0.39 is 5.97 Å². The Hall–Kier alpha value is -1.66. The average molecular weight is 374 g/mol. The van der Waals surface area contributed by atoms with Crippen LogP contribution in [0.1, 0.15) is 56.3 Å². The highest BCUT2D eigenvalue weighted by atomic mass is 16.7. The van der Waals surface area contributed by atoms with E-state index in [0.29, 0.717) is 31.3 Å². The van der Waals surface area contributed by atoms with Crippen LogP contribution in [0.2, 0.25) is 0 Å². The SMILES string of the molecule is C=C1CCC2[C@]3(C)COCO[C@@H]3CC[C@@]2(C)[C@@H]1CCn1cc(C(=O)O)cn1. The monoisotopic (exact) mass is 374 g/mol. The van der Waals surface area contributed by atoms with E-state index in [1.54, 1.807) is 10.9 Å². The molecule has 0 aromatic carbocycles. The summed E-state index contributed by atoms with van der Waals surface area (Å²) < 4.78 is 13.5. The summed E-state index contributed by atoms with van der Waals surface area (Å²) in [7, 11) is 0. The molecular formula is C21H30N2O4. The molecule has 1 unspecified atom stereocenters. The zero-order valence-electron chi connectivity index (χ0n) is 16.3. The molecule has 5 atom stereocenters. The Morgan fingerprint density at radius 3 is 2.96 bits per heavy atom. The molecule has 148 valence electrons. The second-order valence-electron chi connectivity index (χ2n) is 9.06. The molecule has 1 saturated heterocycles. The van der Waals surface area contributed by atoms with Crippen molar-refractivity contribution in [1.82, 2.24) is 9.78 Å². The van der Waals surface area contributed by atoms with Crippen LogP contribution in [0.4, 0.5) is 0 Å². The van der Waals surface area contributed by atoms with E-state index in [-0.39, 0.29) is 16.4 Å². The summed E-state index contributed by atoms with van der Waals surface area (Å²) in [6.45, 7) is 11.1. The molecule has 27 heavy (non-hydrogen) atoms. The predicted molar refractivity (Wildman–Crippen MR) is 100 cm³/mol. The first-order chi connectivity index (χ1) is 12.8. The van der Waals surface area contributed by atoms with E-state index >= 15 is 0 Å². The molecule has 1 aromatic rings. The molecule has 0 bridgehead atoms. The van der Waals surface area contributed by atoms with E-state index in [9.17, 15) is 4.79 Å². The first-order valence-electron chi connectivity index (χ1n) is 9.97. The maximum absolute atomic E-state index is 11.1. The molecule has 1 aliphatic heterocycles. The number of fused-ring (bicyclic) bond motifs is 3. The lowest BCUT2D eigenvalue weighted by molar-refractivity contribution is -0.260. The molecule has 3 fully saturated rings. The topological polar surface area (TPSA) is 73.6 Å². The van der Waals surface area contributed by atoms with Crippen LogP contribution in [0.5, 0.6) is 0 Å². The fraction of sp³-hybridized carbons (Fsp3) is 0.714. The number of hydrogen-bond acceptors (Lipinski definition) is 4. The summed E-state index contributed by atoms with van der Waals surface area (Å²) in [5.41, 5.74) is 1.81. The van der Waals surface area contributed by atoms with E-state index in [1.165, 1.54) is 11.8 Å². The quantitative estimate of drug-likeness (QED) is 0.813. The second-order valence-corrected chi connectivity index (χ2v) is 9.06. The van der Waals surface area contributed by atoms with E-state index in [1.807, 2.05) is 0 Å². The minimum absolute atomic E-state index is 0.0619. The van der Waals surface area contributed by atoms with Gasteiger partial charge in [0.05, 0.1) is 24.5 Å². The van der Waals surface area contributed by atoms with E-state index in [0.717, 1.165) is 38.7 Å². The number of ether oxygens (including phenoxy) is 2. The molecule has 2 heterocycles. The molecule has 2 aliphatic carbocycles. The normalized spacial score (nSPS) is 38.9. The molecule has 1 N–H and O–H groups in total. The first-order valence-corrected chi connectivity index (χ1v) is 9.97. The van der Waals surface area contributed by atoms with Crippen molar-refractivity contribution in [3.8, 4) is 0 Å². The number of hydrogen-bond donors (Lipinski definition) is 1. The Kier molecular flexibility index (Phi) is 4.67. The van der Waals surface area contributed by atoms with Gasteiger partial charge < -0.3 is 14.6 Å². The Morgan fingerprint density at radius 2 is 2.22 bits per heavy atom. The molecular weight excluding hydrogens is 344 g/mol. The standard InChI is InChI=1S/C21H30N2O4/c1-14-4-5-17-20(2,8-6-18-21(17,3)12-26-13-27-18)16(14)7-9-23-11-15(10-22-23)19(24)25/h10-11,16-18H,1,4-9,12-13H2,2-3H3,(H,24,25)/t16-,17?,18-,20+,21+/m1/s1. The maximum Gasteiger partial charge on any atom is 0.338 e. The number of aromatic carboxylic acids is 1. The van der Waals surface area contributed by atoms with E-state index in [4.69, 9.17) is 14.6 Å². The van der Waals surface area contributed by atoms with Crippen LogP contribution in [-0.2, 0) is 16.0 Å². The molecule has 0 spiro atoms. The summed E-state index contributed by atoms with van der Waals surface area (Å²) in [5.74, 6) is 0.0269. The number of carboxylic acid groups (broad SMARTS) is 1. The van der Waals surface area contributed by atoms with Crippen molar-refractivity contribution in [2.45, 2.75) is 58.6 Å². The summed E-state index contributed by atoms with van der Waals surface area (Å²) >= 11 is 0. The van der Waals surface area contributed by atoms with Gasteiger partial charge in [-0.1, -0.05) is 26.0 Å². The zero-order chi connectivity index (χ0) is 19.2. The highest BCUT2D eigenvalue weighted by Gasteiger charge is 2.59. The lowest BCUT2D eigenvalue weighted by atomic mass is 9.46. The Balaban J connectivity index is 1.54. The highest BCUT2D eigenvalue weighted by molar-refractivity contribution is 5.86. The number of rotatable bonds is 4. The van der Waals surface area contributed by atoms with Gasteiger partial charge in [0.25, 0.3) is 0 Å². The van der Waals surface area contributed by atoms with Gasteiger partial charge in [-0.3, -0.25) is 4.68 Å². The predicted octanol–water partition coefficient (Wildman–Crippen LogP) is 3.73. The molecule has 3 aliphatic rings. The lowest BCUT2D eigenvalue weighted by Gasteiger charge is -2.62. The Morgan fingerprint density at radius 1 is 1.41 bits per heavy atom. The summed E-state index contributed by atoms with van der Waals surface area (Å²) in [4.78, 5) is 11.1. The molecule has 2 saturated carbocycles. The summed E-state index contributed by atoms with van der Waals surface area (Å²) in [6.07, 6.45) is 8.68. The van der Waals surface area contributed by atoms with Gasteiger partial charge in [0.15, 0.2) is 0 Å². The maximum atomic E-state index is 11.1. The van der Waals surface area contributed by atoms with Crippen LogP contribution in [0.25, 0.3) is 0 Å². The average Bonchev–Trinajstić information content (AvgIpc) is 3.09. The second kappa shape index (κ2) is 6.74. The number of aromatic nitrogens is 2. The van der Waals surface area contributed by atoms with Crippen LogP contribution in [-0.4, -0.2) is 40.4 Å². The highest BCUT2D eigenvalue weighted by Crippen LogP contribution is 2.62. The van der Waals surface area contributed by atoms with Gasteiger partial charge in [0.2, 0.25) is 0 Å². The number of carbonyl (C=O) groups is 1. The van der Waals surface area contributed by atoms with Crippen molar-refractivity contribution in [3.05, 3.63) is 30.1 Å². The van der Waals surface area contributed by atoms with Crippen LogP contribution in [0, 0.1) is 22.7 Å². The first kappa shape index (κ1) is 18.7. The van der Waals surface area contributed by atoms with Crippen LogP contribution >= 0.6 is 0 Å². The van der Waals surface area contributed by atoms with Gasteiger partial charge in [0, 0.05) is 18.2 Å². The number of aryl methyl sites for hydroxylation is 1.